The number of carbonyl (C=O) groups is 2. The predicted molar refractivity (Wildman–Crippen MR) is 68.4 cm³/mol. The summed E-state index contributed by atoms with van der Waals surface area (Å²) in [5.74, 6) is -0.211. The lowest BCUT2D eigenvalue weighted by atomic mass is 10.2. The zero-order valence-electron chi connectivity index (χ0n) is 11.3. The first-order chi connectivity index (χ1) is 8.06. The van der Waals surface area contributed by atoms with Gasteiger partial charge in [-0.15, -0.1) is 0 Å². The first-order valence-corrected chi connectivity index (χ1v) is 6.34. The fourth-order valence-corrected chi connectivity index (χ4v) is 1.99. The Hall–Kier alpha value is -1.10. The van der Waals surface area contributed by atoms with Gasteiger partial charge in [0.1, 0.15) is 6.04 Å². The van der Waals surface area contributed by atoms with Crippen molar-refractivity contribution >= 4 is 11.8 Å². The van der Waals surface area contributed by atoms with Gasteiger partial charge in [-0.2, -0.15) is 0 Å². The van der Waals surface area contributed by atoms with Gasteiger partial charge in [-0.1, -0.05) is 13.8 Å². The van der Waals surface area contributed by atoms with Crippen LogP contribution in [0.3, 0.4) is 0 Å². The normalized spacial score (nSPS) is 20.3. The fraction of sp³-hybridized carbons (Fsp3) is 0.833. The van der Waals surface area contributed by atoms with Crippen LogP contribution in [0.4, 0.5) is 0 Å². The molecule has 0 aliphatic carbocycles. The highest BCUT2D eigenvalue weighted by atomic mass is 16.2. The van der Waals surface area contributed by atoms with Gasteiger partial charge < -0.3 is 16.0 Å². The van der Waals surface area contributed by atoms with Gasteiger partial charge in [0.2, 0.25) is 11.8 Å². The molecule has 1 saturated heterocycles. The topological polar surface area (TPSA) is 75.4 Å². The van der Waals surface area contributed by atoms with Gasteiger partial charge in [-0.25, -0.2) is 0 Å². The molecule has 5 heteroatoms. The summed E-state index contributed by atoms with van der Waals surface area (Å²) in [6.45, 7) is 8.37. The Morgan fingerprint density at radius 2 is 2.06 bits per heavy atom. The molecule has 1 heterocycles. The molecule has 2 amide bonds. The molecule has 1 aliphatic heterocycles. The summed E-state index contributed by atoms with van der Waals surface area (Å²) in [4.78, 5) is 24.5. The number of nitrogens with two attached hydrogens (primary N) is 1. The molecule has 0 aromatic rings. The molecule has 0 saturated carbocycles. The summed E-state index contributed by atoms with van der Waals surface area (Å²) in [5.41, 5.74) is 5.58. The van der Waals surface area contributed by atoms with Gasteiger partial charge in [0.15, 0.2) is 0 Å². The maximum Gasteiger partial charge on any atom is 0.245 e. The maximum absolute atomic E-state index is 11.9. The van der Waals surface area contributed by atoms with Crippen LogP contribution in [0.25, 0.3) is 0 Å². The van der Waals surface area contributed by atoms with Gasteiger partial charge in [0.25, 0.3) is 0 Å². The minimum atomic E-state index is -0.449. The average molecular weight is 243 g/mol. The van der Waals surface area contributed by atoms with Crippen molar-refractivity contribution in [2.45, 2.75) is 52.6 Å². The van der Waals surface area contributed by atoms with Crippen LogP contribution in [0.5, 0.6) is 0 Å². The lowest BCUT2D eigenvalue weighted by Gasteiger charge is -2.26. The van der Waals surface area contributed by atoms with Crippen LogP contribution in [-0.4, -0.2) is 41.9 Å². The van der Waals surface area contributed by atoms with Crippen molar-refractivity contribution < 1.29 is 9.59 Å². The van der Waals surface area contributed by atoms with E-state index in [0.29, 0.717) is 6.54 Å². The summed E-state index contributed by atoms with van der Waals surface area (Å²) in [7, 11) is 0. The molecule has 0 aromatic heterocycles. The van der Waals surface area contributed by atoms with Crippen LogP contribution in [0.1, 0.15) is 40.5 Å². The molecule has 1 rings (SSSR count). The first-order valence-electron chi connectivity index (χ1n) is 6.34. The first kappa shape index (κ1) is 15.9. The number of carbonyl (C=O) groups excluding carboxylic acids is 2. The van der Waals surface area contributed by atoms with Crippen LogP contribution >= 0.6 is 0 Å². The van der Waals surface area contributed by atoms with Crippen LogP contribution in [-0.2, 0) is 9.59 Å². The summed E-state index contributed by atoms with van der Waals surface area (Å²) >= 11 is 0. The maximum atomic E-state index is 11.9. The van der Waals surface area contributed by atoms with Crippen molar-refractivity contribution in [1.29, 1.82) is 0 Å². The van der Waals surface area contributed by atoms with Crippen LogP contribution in [0.2, 0.25) is 0 Å². The van der Waals surface area contributed by atoms with Crippen molar-refractivity contribution in [3.8, 4) is 0 Å². The molecule has 0 spiro atoms. The summed E-state index contributed by atoms with van der Waals surface area (Å²) in [6.07, 6.45) is 1.97. The van der Waals surface area contributed by atoms with Crippen molar-refractivity contribution in [1.82, 2.24) is 10.2 Å². The molecular formula is C12H25N3O2. The van der Waals surface area contributed by atoms with E-state index in [1.54, 1.807) is 11.8 Å². The summed E-state index contributed by atoms with van der Waals surface area (Å²) in [5, 5.41) is 2.59. The van der Waals surface area contributed by atoms with E-state index in [1.165, 1.54) is 6.92 Å². The Bertz CT molecular complexity index is 256. The second-order valence-electron chi connectivity index (χ2n) is 3.99. The number of rotatable bonds is 3. The summed E-state index contributed by atoms with van der Waals surface area (Å²) < 4.78 is 0. The minimum Gasteiger partial charge on any atom is -0.345 e. The van der Waals surface area contributed by atoms with Crippen LogP contribution < -0.4 is 11.1 Å². The van der Waals surface area contributed by atoms with Gasteiger partial charge in [-0.05, 0) is 19.8 Å². The second kappa shape index (κ2) is 8.06. The van der Waals surface area contributed by atoms with Gasteiger partial charge in [0, 0.05) is 26.1 Å². The SMILES string of the molecule is CC.CC(=O)N[C@@H](C)C(=O)N1CCC[C@H]1CN. The average Bonchev–Trinajstić information content (AvgIpc) is 2.77. The third-order valence-corrected chi connectivity index (χ3v) is 2.72. The Balaban J connectivity index is 0.00000121. The van der Waals surface area contributed by atoms with Gasteiger partial charge >= 0.3 is 0 Å². The third-order valence-electron chi connectivity index (χ3n) is 2.72. The molecular weight excluding hydrogens is 218 g/mol. The van der Waals surface area contributed by atoms with E-state index in [1.807, 2.05) is 13.8 Å². The van der Waals surface area contributed by atoms with E-state index in [2.05, 4.69) is 5.32 Å². The number of nitrogens with one attached hydrogen (secondary N) is 1. The van der Waals surface area contributed by atoms with E-state index >= 15 is 0 Å². The Morgan fingerprint density at radius 1 is 1.47 bits per heavy atom. The van der Waals surface area contributed by atoms with E-state index < -0.39 is 6.04 Å². The smallest absolute Gasteiger partial charge is 0.245 e. The zero-order chi connectivity index (χ0) is 13.4. The molecule has 0 unspecified atom stereocenters. The third kappa shape index (κ3) is 4.73. The lowest BCUT2D eigenvalue weighted by Crippen LogP contribution is -2.49. The highest BCUT2D eigenvalue weighted by molar-refractivity contribution is 5.86. The molecule has 3 N–H and O–H groups in total. The van der Waals surface area contributed by atoms with E-state index in [9.17, 15) is 9.59 Å². The number of hydrogen-bond acceptors (Lipinski definition) is 3. The number of hydrogen-bond donors (Lipinski definition) is 2. The molecule has 2 atom stereocenters. The molecule has 1 fully saturated rings. The van der Waals surface area contributed by atoms with E-state index in [0.717, 1.165) is 19.4 Å². The highest BCUT2D eigenvalue weighted by Crippen LogP contribution is 2.16. The largest absolute Gasteiger partial charge is 0.345 e. The second-order valence-corrected chi connectivity index (χ2v) is 3.99. The Morgan fingerprint density at radius 3 is 2.53 bits per heavy atom. The molecule has 0 radical (unpaired) electrons. The predicted octanol–water partition coefficient (Wildman–Crippen LogP) is 0.487. The fourth-order valence-electron chi connectivity index (χ4n) is 1.99. The van der Waals surface area contributed by atoms with Crippen molar-refractivity contribution in [2.24, 2.45) is 5.73 Å². The standard InChI is InChI=1S/C10H19N3O2.C2H6/c1-7(12-8(2)14)10(15)13-5-3-4-9(13)6-11;1-2/h7,9H,3-6,11H2,1-2H3,(H,12,14);1-2H3/t7-,9-;/m0./s1. The van der Waals surface area contributed by atoms with Crippen LogP contribution in [0, 0.1) is 0 Å². The highest BCUT2D eigenvalue weighted by Gasteiger charge is 2.30. The Kier molecular flexibility index (Phi) is 7.54. The van der Waals surface area contributed by atoms with Crippen molar-refractivity contribution in [3.05, 3.63) is 0 Å². The van der Waals surface area contributed by atoms with Crippen molar-refractivity contribution in [3.63, 3.8) is 0 Å². The number of amides is 2. The van der Waals surface area contributed by atoms with Gasteiger partial charge in [-0.3, -0.25) is 9.59 Å². The zero-order valence-corrected chi connectivity index (χ0v) is 11.3. The Labute approximate surface area is 104 Å². The molecule has 0 aromatic carbocycles. The molecule has 17 heavy (non-hydrogen) atoms. The number of nitrogens with zero attached hydrogens (tertiary/aromatic N) is 1. The minimum absolute atomic E-state index is 0.0295. The summed E-state index contributed by atoms with van der Waals surface area (Å²) in [6, 6.07) is -0.302. The van der Waals surface area contributed by atoms with Crippen LogP contribution in [0.15, 0.2) is 0 Å². The molecule has 1 aliphatic rings. The molecule has 100 valence electrons. The molecule has 5 nitrogen and oxygen atoms in total. The van der Waals surface area contributed by atoms with Crippen molar-refractivity contribution in [2.75, 3.05) is 13.1 Å². The molecule has 0 bridgehead atoms. The lowest BCUT2D eigenvalue weighted by molar-refractivity contribution is -0.136. The van der Waals surface area contributed by atoms with E-state index in [-0.39, 0.29) is 17.9 Å². The monoisotopic (exact) mass is 243 g/mol. The number of likely N-dealkylation sites (tertiary alicyclic amines) is 1. The van der Waals surface area contributed by atoms with E-state index in [4.69, 9.17) is 5.73 Å². The quantitative estimate of drug-likeness (QED) is 0.757. The van der Waals surface area contributed by atoms with Gasteiger partial charge in [0.05, 0.1) is 0 Å².